The molecule has 0 atom stereocenters. The van der Waals surface area contributed by atoms with Gasteiger partial charge in [-0.1, -0.05) is 13.3 Å². The molecule has 106 valence electrons. The first-order valence-electron chi connectivity index (χ1n) is 6.01. The van der Waals surface area contributed by atoms with E-state index in [0.29, 0.717) is 17.8 Å². The van der Waals surface area contributed by atoms with Crippen molar-refractivity contribution in [2.45, 2.75) is 19.8 Å². The zero-order valence-electron chi connectivity index (χ0n) is 11.3. The summed E-state index contributed by atoms with van der Waals surface area (Å²) in [5.74, 6) is -0.490. The zero-order chi connectivity index (χ0) is 15.0. The second-order valence-corrected chi connectivity index (χ2v) is 3.88. The quantitative estimate of drug-likeness (QED) is 0.261. The number of allylic oxidation sites excluding steroid dienone is 1. The highest BCUT2D eigenvalue weighted by atomic mass is 16.6. The van der Waals surface area contributed by atoms with Gasteiger partial charge in [0.15, 0.2) is 0 Å². The van der Waals surface area contributed by atoms with Gasteiger partial charge in [-0.2, -0.15) is 10.2 Å². The molecule has 0 bridgehead atoms. The summed E-state index contributed by atoms with van der Waals surface area (Å²) >= 11 is 0. The van der Waals surface area contributed by atoms with Crippen LogP contribution in [0.3, 0.4) is 0 Å². The summed E-state index contributed by atoms with van der Waals surface area (Å²) in [6.07, 6.45) is 2.67. The molecule has 0 spiro atoms. The Bertz CT molecular complexity index is 535. The summed E-state index contributed by atoms with van der Waals surface area (Å²) < 4.78 is 4.53. The summed E-state index contributed by atoms with van der Waals surface area (Å²) in [4.78, 5) is 21.2. The summed E-state index contributed by atoms with van der Waals surface area (Å²) in [5.41, 5.74) is 0.961. The normalized spacial score (nSPS) is 11.6. The summed E-state index contributed by atoms with van der Waals surface area (Å²) in [6, 6.07) is 5.67. The van der Waals surface area contributed by atoms with Gasteiger partial charge in [-0.15, -0.1) is 0 Å². The van der Waals surface area contributed by atoms with Crippen LogP contribution < -0.4 is 0 Å². The molecule has 0 aliphatic heterocycles. The van der Waals surface area contributed by atoms with Crippen LogP contribution in [0.25, 0.3) is 0 Å². The number of non-ortho nitro benzene ring substituents is 1. The topological polar surface area (TPSA) is 94.2 Å². The van der Waals surface area contributed by atoms with Crippen LogP contribution in [-0.2, 0) is 9.53 Å². The number of benzene rings is 1. The molecule has 0 heterocycles. The van der Waals surface area contributed by atoms with Gasteiger partial charge in [0.1, 0.15) is 0 Å². The molecule has 0 radical (unpaired) electrons. The fourth-order valence-electron chi connectivity index (χ4n) is 1.37. The van der Waals surface area contributed by atoms with Gasteiger partial charge in [-0.3, -0.25) is 10.1 Å². The Morgan fingerprint density at radius 3 is 2.55 bits per heavy atom. The van der Waals surface area contributed by atoms with E-state index < -0.39 is 10.9 Å². The summed E-state index contributed by atoms with van der Waals surface area (Å²) in [5, 5.41) is 18.4. The average Bonchev–Trinajstić information content (AvgIpc) is 2.45. The molecule has 7 heteroatoms. The minimum absolute atomic E-state index is 0.0113. The Kier molecular flexibility index (Phi) is 6.02. The lowest BCUT2D eigenvalue weighted by Gasteiger charge is -1.98. The monoisotopic (exact) mass is 277 g/mol. The number of esters is 1. The van der Waals surface area contributed by atoms with Gasteiger partial charge < -0.3 is 4.74 Å². The molecule has 0 amide bonds. The van der Waals surface area contributed by atoms with Gasteiger partial charge >= 0.3 is 5.97 Å². The van der Waals surface area contributed by atoms with Gasteiger partial charge in [-0.05, 0) is 18.6 Å². The van der Waals surface area contributed by atoms with Crippen molar-refractivity contribution < 1.29 is 14.5 Å². The van der Waals surface area contributed by atoms with Gasteiger partial charge in [-0.25, -0.2) is 4.79 Å². The molecular formula is C13H15N3O4. The first-order chi connectivity index (χ1) is 9.56. The van der Waals surface area contributed by atoms with E-state index in [1.165, 1.54) is 37.5 Å². The minimum Gasteiger partial charge on any atom is -0.466 e. The van der Waals surface area contributed by atoms with E-state index in [9.17, 15) is 14.9 Å². The number of rotatable bonds is 6. The SMILES string of the molecule is CCC/C(=C\C(=O)OC)N=Nc1ccc([N+](=O)[O-])cc1. The molecule has 0 unspecified atom stereocenters. The first kappa shape index (κ1) is 15.5. The van der Waals surface area contributed by atoms with Crippen LogP contribution in [-0.4, -0.2) is 18.0 Å². The first-order valence-corrected chi connectivity index (χ1v) is 6.01. The minimum atomic E-state index is -0.490. The number of hydrogen-bond acceptors (Lipinski definition) is 6. The Balaban J connectivity index is 2.84. The lowest BCUT2D eigenvalue weighted by Crippen LogP contribution is -1.96. The van der Waals surface area contributed by atoms with E-state index in [0.717, 1.165) is 6.42 Å². The maximum absolute atomic E-state index is 11.2. The number of methoxy groups -OCH3 is 1. The molecule has 0 aliphatic carbocycles. The molecule has 0 saturated carbocycles. The van der Waals surface area contributed by atoms with Crippen LogP contribution in [0.5, 0.6) is 0 Å². The van der Waals surface area contributed by atoms with Crippen molar-refractivity contribution >= 4 is 17.3 Å². The van der Waals surface area contributed by atoms with Crippen molar-refractivity contribution in [3.05, 3.63) is 46.2 Å². The van der Waals surface area contributed by atoms with E-state index in [2.05, 4.69) is 15.0 Å². The highest BCUT2D eigenvalue weighted by Crippen LogP contribution is 2.19. The van der Waals surface area contributed by atoms with Crippen molar-refractivity contribution in [2.75, 3.05) is 7.11 Å². The second kappa shape index (κ2) is 7.78. The average molecular weight is 277 g/mol. The van der Waals surface area contributed by atoms with Crippen molar-refractivity contribution in [3.8, 4) is 0 Å². The largest absolute Gasteiger partial charge is 0.466 e. The highest BCUT2D eigenvalue weighted by Gasteiger charge is 2.04. The number of hydrogen-bond donors (Lipinski definition) is 0. The van der Waals surface area contributed by atoms with Crippen molar-refractivity contribution in [2.24, 2.45) is 10.2 Å². The third kappa shape index (κ3) is 4.97. The van der Waals surface area contributed by atoms with Crippen LogP contribution in [0.1, 0.15) is 19.8 Å². The Labute approximate surface area is 116 Å². The Morgan fingerprint density at radius 2 is 2.05 bits per heavy atom. The molecule has 20 heavy (non-hydrogen) atoms. The zero-order valence-corrected chi connectivity index (χ0v) is 11.3. The molecule has 1 aromatic carbocycles. The lowest BCUT2D eigenvalue weighted by atomic mass is 10.2. The number of nitro benzene ring substituents is 1. The fraction of sp³-hybridized carbons (Fsp3) is 0.308. The molecule has 1 aromatic rings. The van der Waals surface area contributed by atoms with Gasteiger partial charge in [0, 0.05) is 18.2 Å². The summed E-state index contributed by atoms with van der Waals surface area (Å²) in [7, 11) is 1.29. The van der Waals surface area contributed by atoms with E-state index in [1.54, 1.807) is 0 Å². The van der Waals surface area contributed by atoms with Gasteiger partial charge in [0.2, 0.25) is 0 Å². The molecule has 0 aliphatic rings. The molecule has 0 fully saturated rings. The maximum atomic E-state index is 11.2. The van der Waals surface area contributed by atoms with Crippen molar-refractivity contribution in [3.63, 3.8) is 0 Å². The van der Waals surface area contributed by atoms with Gasteiger partial charge in [0.25, 0.3) is 5.69 Å². The number of ether oxygens (including phenoxy) is 1. The molecule has 0 aromatic heterocycles. The fourth-order valence-corrected chi connectivity index (χ4v) is 1.37. The van der Waals surface area contributed by atoms with Crippen molar-refractivity contribution in [1.29, 1.82) is 0 Å². The van der Waals surface area contributed by atoms with E-state index in [1.807, 2.05) is 6.92 Å². The van der Waals surface area contributed by atoms with E-state index >= 15 is 0 Å². The van der Waals surface area contributed by atoms with E-state index in [-0.39, 0.29) is 5.69 Å². The van der Waals surface area contributed by atoms with Crippen LogP contribution in [0.15, 0.2) is 46.3 Å². The third-order valence-electron chi connectivity index (χ3n) is 2.35. The number of azo groups is 1. The van der Waals surface area contributed by atoms with Crippen LogP contribution in [0.2, 0.25) is 0 Å². The lowest BCUT2D eigenvalue weighted by molar-refractivity contribution is -0.384. The Hall–Kier alpha value is -2.57. The Morgan fingerprint density at radius 1 is 1.40 bits per heavy atom. The molecule has 1 rings (SSSR count). The smallest absolute Gasteiger partial charge is 0.332 e. The van der Waals surface area contributed by atoms with Gasteiger partial charge in [0.05, 0.1) is 23.4 Å². The molecule has 7 nitrogen and oxygen atoms in total. The van der Waals surface area contributed by atoms with E-state index in [4.69, 9.17) is 0 Å². The van der Waals surface area contributed by atoms with Crippen LogP contribution >= 0.6 is 0 Å². The number of carbonyl (C=O) groups is 1. The summed E-state index contributed by atoms with van der Waals surface area (Å²) in [6.45, 7) is 1.95. The molecule has 0 N–H and O–H groups in total. The molecular weight excluding hydrogens is 262 g/mol. The predicted octanol–water partition coefficient (Wildman–Crippen LogP) is 3.54. The second-order valence-electron chi connectivity index (χ2n) is 3.88. The predicted molar refractivity (Wildman–Crippen MR) is 72.6 cm³/mol. The molecule has 0 saturated heterocycles. The van der Waals surface area contributed by atoms with Crippen LogP contribution in [0.4, 0.5) is 11.4 Å². The standard InChI is InChI=1S/C13H15N3O4/c1-3-4-11(9-13(17)20-2)15-14-10-5-7-12(8-6-10)16(18)19/h5-9H,3-4H2,1-2H3/b11-9+,15-14?. The number of nitro groups is 1. The highest BCUT2D eigenvalue weighted by molar-refractivity contribution is 5.82. The van der Waals surface area contributed by atoms with Crippen molar-refractivity contribution in [1.82, 2.24) is 0 Å². The number of nitrogens with zero attached hydrogens (tertiary/aromatic N) is 3. The number of carbonyl (C=O) groups excluding carboxylic acids is 1. The third-order valence-corrected chi connectivity index (χ3v) is 2.35. The maximum Gasteiger partial charge on any atom is 0.332 e. The van der Waals surface area contributed by atoms with Crippen LogP contribution in [0, 0.1) is 10.1 Å².